The van der Waals surface area contributed by atoms with Crippen LogP contribution in [0.4, 0.5) is 28.4 Å². The van der Waals surface area contributed by atoms with E-state index in [0.717, 1.165) is 35.8 Å². The summed E-state index contributed by atoms with van der Waals surface area (Å²) in [5.41, 5.74) is 26.2. The lowest BCUT2D eigenvalue weighted by atomic mass is 9.43. The second-order valence-corrected chi connectivity index (χ2v) is 23.1. The quantitative estimate of drug-likeness (QED) is 0.121. The van der Waals surface area contributed by atoms with E-state index < -0.39 is 0 Å². The number of furan rings is 1. The lowest BCUT2D eigenvalue weighted by Crippen LogP contribution is -2.61. The average molecular weight is 905 g/mol. The molecular formula is C65H69BN2O. The van der Waals surface area contributed by atoms with Crippen molar-refractivity contribution in [2.75, 3.05) is 9.71 Å². The van der Waals surface area contributed by atoms with Crippen molar-refractivity contribution in [3.8, 4) is 22.3 Å². The molecule has 12 rings (SSSR count). The molecule has 0 unspecified atom stereocenters. The molecule has 8 aromatic rings. The molecule has 3 heterocycles. The van der Waals surface area contributed by atoms with Crippen LogP contribution in [0.15, 0.2) is 126 Å². The number of fused-ring (bicyclic) bond motifs is 12. The highest BCUT2D eigenvalue weighted by Crippen LogP contribution is 2.59. The summed E-state index contributed by atoms with van der Waals surface area (Å²) in [6, 6.07) is 48.2. The lowest BCUT2D eigenvalue weighted by Gasteiger charge is -2.46. The third kappa shape index (κ3) is 6.81. The fourth-order valence-electron chi connectivity index (χ4n) is 13.0. The van der Waals surface area contributed by atoms with E-state index in [1.165, 1.54) is 157 Å². The number of rotatable bonds is 11. The van der Waals surface area contributed by atoms with Gasteiger partial charge in [0.15, 0.2) is 0 Å². The van der Waals surface area contributed by atoms with Crippen molar-refractivity contribution in [2.24, 2.45) is 0 Å². The summed E-state index contributed by atoms with van der Waals surface area (Å²) < 4.78 is 7.25. The minimum atomic E-state index is -0.198. The van der Waals surface area contributed by atoms with Gasteiger partial charge in [-0.05, 0) is 184 Å². The zero-order valence-electron chi connectivity index (χ0n) is 42.7. The molecule has 0 N–H and O–H groups in total. The number of para-hydroxylation sites is 1. The Balaban J connectivity index is 1.20. The first kappa shape index (κ1) is 44.2. The summed E-state index contributed by atoms with van der Waals surface area (Å²) in [4.78, 5) is 5.33. The molecule has 1 aromatic heterocycles. The Morgan fingerprint density at radius 1 is 0.507 bits per heavy atom. The molecule has 0 saturated heterocycles. The van der Waals surface area contributed by atoms with Crippen molar-refractivity contribution in [1.29, 1.82) is 0 Å². The van der Waals surface area contributed by atoms with E-state index in [1.54, 1.807) is 0 Å². The third-order valence-electron chi connectivity index (χ3n) is 17.2. The van der Waals surface area contributed by atoms with Gasteiger partial charge in [-0.3, -0.25) is 0 Å². The number of hydrogen-bond acceptors (Lipinski definition) is 3. The summed E-state index contributed by atoms with van der Waals surface area (Å²) in [7, 11) is 0. The first-order chi connectivity index (χ1) is 33.3. The Kier molecular flexibility index (Phi) is 10.4. The van der Waals surface area contributed by atoms with Gasteiger partial charge in [-0.2, -0.15) is 0 Å². The van der Waals surface area contributed by atoms with Crippen LogP contribution < -0.4 is 20.6 Å². The van der Waals surface area contributed by atoms with Gasteiger partial charge < -0.3 is 14.1 Å². The molecule has 2 aliphatic carbocycles. The largest absolute Gasteiger partial charge is 0.455 e. The van der Waals surface area contributed by atoms with Gasteiger partial charge in [-0.25, -0.2) is 0 Å². The van der Waals surface area contributed by atoms with Crippen LogP contribution in [0, 0.1) is 0 Å². The molecule has 7 aromatic carbocycles. The van der Waals surface area contributed by atoms with Gasteiger partial charge in [-0.15, -0.1) is 0 Å². The third-order valence-corrected chi connectivity index (χ3v) is 17.2. The molecule has 4 aliphatic rings. The van der Waals surface area contributed by atoms with E-state index >= 15 is 0 Å². The van der Waals surface area contributed by atoms with E-state index in [1.807, 2.05) is 0 Å². The molecule has 0 radical (unpaired) electrons. The predicted octanol–water partition coefficient (Wildman–Crippen LogP) is 17.0. The topological polar surface area (TPSA) is 19.6 Å². The van der Waals surface area contributed by atoms with Gasteiger partial charge in [0.2, 0.25) is 0 Å². The molecule has 0 amide bonds. The molecule has 0 saturated carbocycles. The lowest BCUT2D eigenvalue weighted by molar-refractivity contribution is 0.331. The van der Waals surface area contributed by atoms with Crippen molar-refractivity contribution in [3.63, 3.8) is 0 Å². The van der Waals surface area contributed by atoms with Crippen LogP contribution in [-0.2, 0) is 35.5 Å². The summed E-state index contributed by atoms with van der Waals surface area (Å²) in [6.07, 6.45) is 12.8. The number of hydrogen-bond donors (Lipinski definition) is 0. The van der Waals surface area contributed by atoms with Crippen LogP contribution in [0.2, 0.25) is 0 Å². The van der Waals surface area contributed by atoms with Crippen molar-refractivity contribution >= 4 is 68.1 Å². The van der Waals surface area contributed by atoms with Crippen LogP contribution in [0.5, 0.6) is 0 Å². The summed E-state index contributed by atoms with van der Waals surface area (Å²) in [5, 5.41) is 2.33. The second kappa shape index (κ2) is 16.3. The van der Waals surface area contributed by atoms with Crippen LogP contribution in [0.3, 0.4) is 0 Å². The normalized spacial score (nSPS) is 16.6. The van der Waals surface area contributed by atoms with E-state index in [0.29, 0.717) is 0 Å². The molecule has 0 atom stereocenters. The van der Waals surface area contributed by atoms with Gasteiger partial charge in [0.1, 0.15) is 11.2 Å². The van der Waals surface area contributed by atoms with E-state index in [9.17, 15) is 0 Å². The van der Waals surface area contributed by atoms with Gasteiger partial charge in [0, 0.05) is 55.8 Å². The highest BCUT2D eigenvalue weighted by molar-refractivity contribution is 6.94. The Morgan fingerprint density at radius 2 is 1.09 bits per heavy atom. The van der Waals surface area contributed by atoms with Gasteiger partial charge >= 0.3 is 6.85 Å². The van der Waals surface area contributed by atoms with E-state index in [-0.39, 0.29) is 23.1 Å². The van der Waals surface area contributed by atoms with Crippen molar-refractivity contribution in [1.82, 2.24) is 0 Å². The van der Waals surface area contributed by atoms with Crippen LogP contribution >= 0.6 is 0 Å². The average Bonchev–Trinajstić information content (AvgIpc) is 3.83. The molecule has 4 heteroatoms. The monoisotopic (exact) mass is 905 g/mol. The highest BCUT2D eigenvalue weighted by Gasteiger charge is 2.49. The predicted molar refractivity (Wildman–Crippen MR) is 296 cm³/mol. The van der Waals surface area contributed by atoms with Gasteiger partial charge in [0.25, 0.3) is 0 Å². The molecule has 69 heavy (non-hydrogen) atoms. The van der Waals surface area contributed by atoms with Gasteiger partial charge in [0.05, 0.1) is 0 Å². The molecular weight excluding hydrogens is 836 g/mol. The summed E-state index contributed by atoms with van der Waals surface area (Å²) in [5.74, 6) is 0. The minimum Gasteiger partial charge on any atom is -0.455 e. The smallest absolute Gasteiger partial charge is 0.333 e. The number of benzene rings is 7. The van der Waals surface area contributed by atoms with Crippen molar-refractivity contribution in [3.05, 3.63) is 160 Å². The maximum Gasteiger partial charge on any atom is 0.333 e. The number of aryl methyl sites for hydroxylation is 3. The van der Waals surface area contributed by atoms with Crippen LogP contribution in [-0.4, -0.2) is 6.85 Å². The fraction of sp³-hybridized carbons (Fsp3) is 0.354. The first-order valence-electron chi connectivity index (χ1n) is 26.6. The molecule has 0 fully saturated rings. The van der Waals surface area contributed by atoms with Crippen LogP contribution in [0.25, 0.3) is 44.2 Å². The maximum absolute atomic E-state index is 7.25. The Labute approximate surface area is 412 Å². The Morgan fingerprint density at radius 3 is 1.75 bits per heavy atom. The molecule has 2 aliphatic heterocycles. The summed E-state index contributed by atoms with van der Waals surface area (Å²) in [6.45, 7) is 21.6. The number of anilines is 5. The summed E-state index contributed by atoms with van der Waals surface area (Å²) >= 11 is 0. The van der Waals surface area contributed by atoms with Crippen molar-refractivity contribution in [2.45, 2.75) is 149 Å². The standard InChI is InChI=1S/C65H69BN2O/c1-10-13-18-41-23-28-44(29-24-41)67-56-32-27-43(20-15-12-3)35-55(56)66-61-58(67)38-49-46-21-16-17-22-59(46)69-62(49)60(61)50-36-47-48-37-53-54(64(6,7)34-33-63(53,4)5)39-51(48)65(8,9)52(47)40-57(50)68(66)45-30-25-42(26-31-45)19-14-11-2/h16-17,21-32,35-40H,10-15,18-20,33-34H2,1-9H3. The molecule has 0 bridgehead atoms. The number of nitrogens with zero attached hydrogens (tertiary/aromatic N) is 2. The zero-order valence-corrected chi connectivity index (χ0v) is 42.7. The Bertz CT molecular complexity index is 3330. The second-order valence-electron chi connectivity index (χ2n) is 23.1. The van der Waals surface area contributed by atoms with Gasteiger partial charge in [-0.1, -0.05) is 142 Å². The first-order valence-corrected chi connectivity index (χ1v) is 26.6. The SMILES string of the molecule is CCCCc1ccc(N2B3c4cc(CCCC)ccc4N(c4ccc(CCCC)cc4)c4cc5c(oc6ccccc65)c(c43)-c3cc4c(cc32)C(C)(C)c2cc3c(cc2-4)C(C)(C)CCC3(C)C)cc1. The molecule has 348 valence electrons. The van der Waals surface area contributed by atoms with E-state index in [4.69, 9.17) is 4.42 Å². The molecule has 3 nitrogen and oxygen atoms in total. The highest BCUT2D eigenvalue weighted by atomic mass is 16.3. The Hall–Kier alpha value is -6.00. The number of unbranched alkanes of at least 4 members (excludes halogenated alkanes) is 3. The fourth-order valence-corrected chi connectivity index (χ4v) is 13.0. The maximum atomic E-state index is 7.25. The molecule has 0 spiro atoms. The van der Waals surface area contributed by atoms with Crippen molar-refractivity contribution < 1.29 is 4.42 Å². The van der Waals surface area contributed by atoms with E-state index in [2.05, 4.69) is 193 Å². The van der Waals surface area contributed by atoms with Crippen LogP contribution in [0.1, 0.15) is 153 Å². The minimum absolute atomic E-state index is 0.0999. The zero-order chi connectivity index (χ0) is 47.6.